The Morgan fingerprint density at radius 2 is 2.05 bits per heavy atom. The first-order chi connectivity index (χ1) is 9.17. The number of rotatable bonds is 7. The Kier molecular flexibility index (Phi) is 6.62. The van der Waals surface area contributed by atoms with E-state index < -0.39 is 12.1 Å². The average Bonchev–Trinajstić information content (AvgIpc) is 2.45. The van der Waals surface area contributed by atoms with Crippen molar-refractivity contribution in [3.05, 3.63) is 35.9 Å². The lowest BCUT2D eigenvalue weighted by Gasteiger charge is -2.15. The van der Waals surface area contributed by atoms with Gasteiger partial charge in [0.25, 0.3) is 6.47 Å². The fraction of sp³-hybridized carbons (Fsp3) is 0.250. The maximum atomic E-state index is 11.8. The lowest BCUT2D eigenvalue weighted by Crippen LogP contribution is -2.41. The molecule has 0 heterocycles. The van der Waals surface area contributed by atoms with E-state index in [9.17, 15) is 14.4 Å². The van der Waals surface area contributed by atoms with Crippen LogP contribution in [-0.2, 0) is 14.3 Å². The number of ether oxygens (including phenoxy) is 1. The fourth-order valence-corrected chi connectivity index (χ4v) is 2.00. The van der Waals surface area contributed by atoms with Crippen LogP contribution in [0.1, 0.15) is 10.4 Å². The topological polar surface area (TPSA) is 98.5 Å². The number of hydrogen-bond donors (Lipinski definition) is 2. The van der Waals surface area contributed by atoms with E-state index in [-0.39, 0.29) is 23.9 Å². The molecule has 1 aromatic carbocycles. The van der Waals surface area contributed by atoms with Crippen molar-refractivity contribution in [1.29, 1.82) is 0 Å². The van der Waals surface area contributed by atoms with Crippen LogP contribution in [0.25, 0.3) is 0 Å². The smallest absolute Gasteiger partial charge is 0.295 e. The molecule has 0 saturated heterocycles. The number of nitrogens with two attached hydrogens (primary N) is 1. The van der Waals surface area contributed by atoms with Crippen LogP contribution in [0.5, 0.6) is 0 Å². The molecule has 6 nitrogen and oxygen atoms in total. The summed E-state index contributed by atoms with van der Waals surface area (Å²) < 4.78 is 4.66. The van der Waals surface area contributed by atoms with Crippen LogP contribution in [0.2, 0.25) is 0 Å². The molecular weight excluding hydrogens is 268 g/mol. The van der Waals surface area contributed by atoms with Gasteiger partial charge in [0, 0.05) is 5.56 Å². The Morgan fingerprint density at radius 3 is 2.63 bits per heavy atom. The van der Waals surface area contributed by atoms with Crippen LogP contribution in [0.3, 0.4) is 0 Å². The molecule has 19 heavy (non-hydrogen) atoms. The minimum Gasteiger partial charge on any atom is -0.443 e. The average molecular weight is 282 g/mol. The normalized spacial score (nSPS) is 11.4. The number of hydrogen-bond acceptors (Lipinski definition) is 6. The lowest BCUT2D eigenvalue weighted by molar-refractivity contribution is -0.136. The van der Waals surface area contributed by atoms with E-state index in [0.29, 0.717) is 5.56 Å². The molecule has 0 aliphatic carbocycles. The van der Waals surface area contributed by atoms with Gasteiger partial charge in [0.05, 0.1) is 12.3 Å². The third kappa shape index (κ3) is 5.54. The molecule has 102 valence electrons. The SMILES string of the molecule is NCC(=O)NC(CSC(=O)c1ccccc1)OC=O. The Hall–Kier alpha value is -1.86. The van der Waals surface area contributed by atoms with Gasteiger partial charge in [0.1, 0.15) is 0 Å². The molecule has 0 fully saturated rings. The second-order valence-electron chi connectivity index (χ2n) is 3.46. The molecule has 0 aliphatic heterocycles. The molecule has 1 rings (SSSR count). The molecule has 1 aromatic rings. The molecule has 0 radical (unpaired) electrons. The van der Waals surface area contributed by atoms with Crippen LogP contribution in [0.15, 0.2) is 30.3 Å². The van der Waals surface area contributed by atoms with Crippen molar-refractivity contribution in [3.8, 4) is 0 Å². The van der Waals surface area contributed by atoms with Gasteiger partial charge in [0.2, 0.25) is 11.0 Å². The zero-order chi connectivity index (χ0) is 14.1. The fourth-order valence-electron chi connectivity index (χ4n) is 1.23. The van der Waals surface area contributed by atoms with Crippen molar-refractivity contribution in [1.82, 2.24) is 5.32 Å². The Balaban J connectivity index is 2.49. The minimum absolute atomic E-state index is 0.123. The van der Waals surface area contributed by atoms with E-state index in [1.54, 1.807) is 30.3 Å². The minimum atomic E-state index is -0.869. The summed E-state index contributed by atoms with van der Waals surface area (Å²) >= 11 is 0.952. The molecule has 0 bridgehead atoms. The molecule has 0 saturated carbocycles. The first kappa shape index (κ1) is 15.2. The van der Waals surface area contributed by atoms with E-state index in [2.05, 4.69) is 10.1 Å². The second-order valence-corrected chi connectivity index (χ2v) is 4.45. The Bertz CT molecular complexity index is 439. The van der Waals surface area contributed by atoms with Gasteiger partial charge in [-0.15, -0.1) is 0 Å². The number of carbonyl (C=O) groups is 3. The number of thioether (sulfide) groups is 1. The predicted octanol–water partition coefficient (Wildman–Crippen LogP) is 0.134. The summed E-state index contributed by atoms with van der Waals surface area (Å²) in [7, 11) is 0. The number of amides is 1. The molecular formula is C12H14N2O4S. The summed E-state index contributed by atoms with van der Waals surface area (Å²) in [5.41, 5.74) is 5.68. The largest absolute Gasteiger partial charge is 0.443 e. The molecule has 1 atom stereocenters. The summed E-state index contributed by atoms with van der Waals surface area (Å²) in [4.78, 5) is 33.2. The molecule has 1 amide bonds. The quantitative estimate of drug-likeness (QED) is 0.545. The molecule has 3 N–H and O–H groups in total. The number of benzene rings is 1. The number of nitrogens with one attached hydrogen (secondary N) is 1. The van der Waals surface area contributed by atoms with Crippen molar-refractivity contribution in [2.45, 2.75) is 6.23 Å². The first-order valence-corrected chi connectivity index (χ1v) is 6.46. The van der Waals surface area contributed by atoms with Gasteiger partial charge in [0.15, 0.2) is 6.23 Å². The van der Waals surface area contributed by atoms with Crippen molar-refractivity contribution < 1.29 is 19.1 Å². The number of carbonyl (C=O) groups excluding carboxylic acids is 3. The summed E-state index contributed by atoms with van der Waals surface area (Å²) in [6, 6.07) is 8.68. The molecule has 0 aromatic heterocycles. The summed E-state index contributed by atoms with van der Waals surface area (Å²) in [6.45, 7) is 0.00499. The predicted molar refractivity (Wildman–Crippen MR) is 71.4 cm³/mol. The highest BCUT2D eigenvalue weighted by Crippen LogP contribution is 2.13. The van der Waals surface area contributed by atoms with Gasteiger partial charge in [-0.25, -0.2) is 0 Å². The van der Waals surface area contributed by atoms with Crippen molar-refractivity contribution in [2.75, 3.05) is 12.3 Å². The first-order valence-electron chi connectivity index (χ1n) is 5.48. The standard InChI is InChI=1S/C12H14N2O4S/c13-6-10(16)14-11(18-8-15)7-19-12(17)9-4-2-1-3-5-9/h1-5,8,11H,6-7,13H2,(H,14,16). The maximum Gasteiger partial charge on any atom is 0.295 e. The Labute approximate surface area is 114 Å². The zero-order valence-corrected chi connectivity index (χ0v) is 10.9. The van der Waals surface area contributed by atoms with E-state index in [4.69, 9.17) is 5.73 Å². The second kappa shape index (κ2) is 8.28. The van der Waals surface area contributed by atoms with Crippen LogP contribution >= 0.6 is 11.8 Å². The van der Waals surface area contributed by atoms with E-state index in [1.165, 1.54) is 0 Å². The van der Waals surface area contributed by atoms with Crippen molar-refractivity contribution in [3.63, 3.8) is 0 Å². The summed E-state index contributed by atoms with van der Waals surface area (Å²) in [5, 5.41) is 2.22. The Morgan fingerprint density at radius 1 is 1.37 bits per heavy atom. The molecule has 1 unspecified atom stereocenters. The van der Waals surface area contributed by atoms with E-state index in [0.717, 1.165) is 11.8 Å². The van der Waals surface area contributed by atoms with Crippen LogP contribution < -0.4 is 11.1 Å². The summed E-state index contributed by atoms with van der Waals surface area (Å²) in [5.74, 6) is -0.335. The van der Waals surface area contributed by atoms with E-state index in [1.807, 2.05) is 0 Å². The third-order valence-electron chi connectivity index (χ3n) is 2.10. The van der Waals surface area contributed by atoms with Crippen molar-refractivity contribution in [2.24, 2.45) is 5.73 Å². The summed E-state index contributed by atoms with van der Waals surface area (Å²) in [6.07, 6.45) is -0.869. The third-order valence-corrected chi connectivity index (χ3v) is 3.07. The zero-order valence-electron chi connectivity index (χ0n) is 10.1. The molecule has 0 spiro atoms. The highest BCUT2D eigenvalue weighted by Gasteiger charge is 2.15. The van der Waals surface area contributed by atoms with Gasteiger partial charge < -0.3 is 15.8 Å². The van der Waals surface area contributed by atoms with Crippen molar-refractivity contribution >= 4 is 29.3 Å². The lowest BCUT2D eigenvalue weighted by atomic mass is 10.2. The van der Waals surface area contributed by atoms with Gasteiger partial charge in [-0.1, -0.05) is 42.1 Å². The van der Waals surface area contributed by atoms with Crippen LogP contribution in [0.4, 0.5) is 0 Å². The van der Waals surface area contributed by atoms with Crippen LogP contribution in [0, 0.1) is 0 Å². The van der Waals surface area contributed by atoms with Gasteiger partial charge in [-0.05, 0) is 0 Å². The molecule has 7 heteroatoms. The highest BCUT2D eigenvalue weighted by atomic mass is 32.2. The van der Waals surface area contributed by atoms with E-state index >= 15 is 0 Å². The van der Waals surface area contributed by atoms with Gasteiger partial charge in [-0.3, -0.25) is 14.4 Å². The highest BCUT2D eigenvalue weighted by molar-refractivity contribution is 8.14. The van der Waals surface area contributed by atoms with Gasteiger partial charge >= 0.3 is 0 Å². The molecule has 0 aliphatic rings. The van der Waals surface area contributed by atoms with Crippen LogP contribution in [-0.4, -0.2) is 36.0 Å². The monoisotopic (exact) mass is 282 g/mol. The van der Waals surface area contributed by atoms with Gasteiger partial charge in [-0.2, -0.15) is 0 Å². The maximum absolute atomic E-state index is 11.8.